The van der Waals surface area contributed by atoms with Crippen molar-refractivity contribution in [3.63, 3.8) is 0 Å². The Morgan fingerprint density at radius 1 is 1.31 bits per heavy atom. The van der Waals surface area contributed by atoms with Gasteiger partial charge in [0.2, 0.25) is 0 Å². The molecule has 0 bridgehead atoms. The van der Waals surface area contributed by atoms with Gasteiger partial charge in [-0.1, -0.05) is 43.7 Å². The molecule has 1 fully saturated rings. The number of nitrogens with one attached hydrogen (secondary N) is 1. The number of benzene rings is 1. The molecule has 0 aliphatic carbocycles. The molecular formula is C15H23N. The van der Waals surface area contributed by atoms with Crippen molar-refractivity contribution in [2.75, 3.05) is 13.1 Å². The first-order valence-corrected chi connectivity index (χ1v) is 6.36. The summed E-state index contributed by atoms with van der Waals surface area (Å²) in [4.78, 5) is 0. The normalized spacial score (nSPS) is 18.5. The second-order valence-electron chi connectivity index (χ2n) is 5.87. The number of hydrogen-bond acceptors (Lipinski definition) is 1. The minimum atomic E-state index is 0.530. The maximum atomic E-state index is 3.44. The Kier molecular flexibility index (Phi) is 3.34. The summed E-state index contributed by atoms with van der Waals surface area (Å²) in [6.07, 6.45) is 2.58. The SMILES string of the molecule is Cc1cccc(CC2(CC(C)C)CNC2)c1. The Bertz CT molecular complexity index is 350. The minimum Gasteiger partial charge on any atom is -0.316 e. The molecular weight excluding hydrogens is 194 g/mol. The van der Waals surface area contributed by atoms with E-state index in [9.17, 15) is 0 Å². The molecule has 1 aliphatic rings. The van der Waals surface area contributed by atoms with Gasteiger partial charge in [0.25, 0.3) is 0 Å². The van der Waals surface area contributed by atoms with E-state index in [0.717, 1.165) is 5.92 Å². The van der Waals surface area contributed by atoms with Gasteiger partial charge in [-0.25, -0.2) is 0 Å². The molecule has 0 atom stereocenters. The quantitative estimate of drug-likeness (QED) is 0.817. The van der Waals surface area contributed by atoms with Crippen molar-refractivity contribution in [1.82, 2.24) is 5.32 Å². The maximum absolute atomic E-state index is 3.44. The van der Waals surface area contributed by atoms with Crippen LogP contribution in [0.4, 0.5) is 0 Å². The Balaban J connectivity index is 2.06. The Morgan fingerprint density at radius 2 is 2.06 bits per heavy atom. The Morgan fingerprint density at radius 3 is 2.56 bits per heavy atom. The molecule has 2 rings (SSSR count). The second-order valence-corrected chi connectivity index (χ2v) is 5.87. The summed E-state index contributed by atoms with van der Waals surface area (Å²) >= 11 is 0. The van der Waals surface area contributed by atoms with Crippen molar-refractivity contribution in [3.8, 4) is 0 Å². The van der Waals surface area contributed by atoms with Gasteiger partial charge in [0.15, 0.2) is 0 Å². The highest BCUT2D eigenvalue weighted by Gasteiger charge is 2.37. The van der Waals surface area contributed by atoms with Gasteiger partial charge in [-0.3, -0.25) is 0 Å². The topological polar surface area (TPSA) is 12.0 Å². The van der Waals surface area contributed by atoms with Crippen LogP contribution in [0.15, 0.2) is 24.3 Å². The summed E-state index contributed by atoms with van der Waals surface area (Å²) in [5.41, 5.74) is 3.41. The predicted octanol–water partition coefficient (Wildman–Crippen LogP) is 3.17. The van der Waals surface area contributed by atoms with Crippen molar-refractivity contribution in [3.05, 3.63) is 35.4 Å². The van der Waals surface area contributed by atoms with E-state index in [1.165, 1.54) is 37.1 Å². The van der Waals surface area contributed by atoms with Gasteiger partial charge in [0, 0.05) is 13.1 Å². The molecule has 1 aliphatic heterocycles. The second kappa shape index (κ2) is 4.58. The minimum absolute atomic E-state index is 0.530. The standard InChI is InChI=1S/C15H23N/c1-12(2)8-15(10-16-11-15)9-14-6-4-5-13(3)7-14/h4-7,12,16H,8-11H2,1-3H3. The lowest BCUT2D eigenvalue weighted by Crippen LogP contribution is -2.55. The molecule has 1 aromatic carbocycles. The van der Waals surface area contributed by atoms with E-state index in [1.54, 1.807) is 0 Å². The lowest BCUT2D eigenvalue weighted by atomic mass is 9.71. The molecule has 0 amide bonds. The summed E-state index contributed by atoms with van der Waals surface area (Å²) in [5.74, 6) is 0.798. The summed E-state index contributed by atoms with van der Waals surface area (Å²) in [6, 6.07) is 8.96. The zero-order chi connectivity index (χ0) is 11.6. The molecule has 0 spiro atoms. The van der Waals surface area contributed by atoms with Gasteiger partial charge in [-0.05, 0) is 36.7 Å². The van der Waals surface area contributed by atoms with Crippen molar-refractivity contribution in [2.45, 2.75) is 33.6 Å². The number of hydrogen-bond donors (Lipinski definition) is 1. The van der Waals surface area contributed by atoms with Crippen LogP contribution in [0.1, 0.15) is 31.4 Å². The third-order valence-electron chi connectivity index (χ3n) is 3.50. The highest BCUT2D eigenvalue weighted by molar-refractivity contribution is 5.24. The first-order chi connectivity index (χ1) is 7.60. The molecule has 1 heterocycles. The fourth-order valence-corrected chi connectivity index (χ4v) is 2.94. The third-order valence-corrected chi connectivity index (χ3v) is 3.50. The third kappa shape index (κ3) is 2.65. The highest BCUT2D eigenvalue weighted by Crippen LogP contribution is 2.34. The van der Waals surface area contributed by atoms with Crippen molar-refractivity contribution in [1.29, 1.82) is 0 Å². The van der Waals surface area contributed by atoms with E-state index >= 15 is 0 Å². The smallest absolute Gasteiger partial charge is 0.00235 e. The van der Waals surface area contributed by atoms with Crippen LogP contribution in [0.2, 0.25) is 0 Å². The lowest BCUT2D eigenvalue weighted by Gasteiger charge is -2.44. The van der Waals surface area contributed by atoms with Gasteiger partial charge in [0.05, 0.1) is 0 Å². The van der Waals surface area contributed by atoms with Crippen LogP contribution in [0.3, 0.4) is 0 Å². The molecule has 1 nitrogen and oxygen atoms in total. The van der Waals surface area contributed by atoms with Crippen LogP contribution < -0.4 is 5.32 Å². The molecule has 88 valence electrons. The van der Waals surface area contributed by atoms with E-state index in [4.69, 9.17) is 0 Å². The largest absolute Gasteiger partial charge is 0.316 e. The zero-order valence-electron chi connectivity index (χ0n) is 10.7. The van der Waals surface area contributed by atoms with Crippen LogP contribution in [0, 0.1) is 18.3 Å². The molecule has 16 heavy (non-hydrogen) atoms. The molecule has 0 unspecified atom stereocenters. The molecule has 1 aromatic rings. The first kappa shape index (κ1) is 11.7. The van der Waals surface area contributed by atoms with Gasteiger partial charge >= 0.3 is 0 Å². The molecule has 1 saturated heterocycles. The summed E-state index contributed by atoms with van der Waals surface area (Å²) in [7, 11) is 0. The molecule has 0 saturated carbocycles. The van der Waals surface area contributed by atoms with Gasteiger partial charge in [-0.2, -0.15) is 0 Å². The van der Waals surface area contributed by atoms with Crippen LogP contribution in [0.5, 0.6) is 0 Å². The molecule has 0 aromatic heterocycles. The zero-order valence-corrected chi connectivity index (χ0v) is 10.7. The summed E-state index contributed by atoms with van der Waals surface area (Å²) in [6.45, 7) is 9.22. The van der Waals surface area contributed by atoms with Crippen LogP contribution >= 0.6 is 0 Å². The van der Waals surface area contributed by atoms with E-state index in [1.807, 2.05) is 0 Å². The van der Waals surface area contributed by atoms with Crippen LogP contribution in [-0.2, 0) is 6.42 Å². The highest BCUT2D eigenvalue weighted by atomic mass is 15.0. The fourth-order valence-electron chi connectivity index (χ4n) is 2.94. The van der Waals surface area contributed by atoms with Crippen molar-refractivity contribution in [2.24, 2.45) is 11.3 Å². The first-order valence-electron chi connectivity index (χ1n) is 6.36. The maximum Gasteiger partial charge on any atom is 0.00235 e. The molecule has 1 N–H and O–H groups in total. The van der Waals surface area contributed by atoms with Crippen molar-refractivity contribution >= 4 is 0 Å². The monoisotopic (exact) mass is 217 g/mol. The van der Waals surface area contributed by atoms with E-state index in [-0.39, 0.29) is 0 Å². The van der Waals surface area contributed by atoms with Crippen LogP contribution in [0.25, 0.3) is 0 Å². The van der Waals surface area contributed by atoms with Gasteiger partial charge in [0.1, 0.15) is 0 Å². The summed E-state index contributed by atoms with van der Waals surface area (Å²) < 4.78 is 0. The van der Waals surface area contributed by atoms with E-state index in [2.05, 4.69) is 50.4 Å². The van der Waals surface area contributed by atoms with Gasteiger partial charge in [-0.15, -0.1) is 0 Å². The predicted molar refractivity (Wildman–Crippen MR) is 69.6 cm³/mol. The Labute approximate surface area is 99.3 Å². The molecule has 1 heteroatoms. The Hall–Kier alpha value is -0.820. The van der Waals surface area contributed by atoms with Gasteiger partial charge < -0.3 is 5.32 Å². The van der Waals surface area contributed by atoms with Crippen LogP contribution in [-0.4, -0.2) is 13.1 Å². The van der Waals surface area contributed by atoms with E-state index in [0.29, 0.717) is 5.41 Å². The molecule has 0 radical (unpaired) electrons. The van der Waals surface area contributed by atoms with E-state index < -0.39 is 0 Å². The average Bonchev–Trinajstić information content (AvgIpc) is 2.13. The number of rotatable bonds is 4. The fraction of sp³-hybridized carbons (Fsp3) is 0.600. The number of aryl methyl sites for hydroxylation is 1. The summed E-state index contributed by atoms with van der Waals surface area (Å²) in [5, 5.41) is 3.44. The average molecular weight is 217 g/mol. The van der Waals surface area contributed by atoms with Crippen molar-refractivity contribution < 1.29 is 0 Å². The lowest BCUT2D eigenvalue weighted by molar-refractivity contribution is 0.131.